The molecule has 1 aromatic carbocycles. The highest BCUT2D eigenvalue weighted by Crippen LogP contribution is 2.35. The third-order valence-electron chi connectivity index (χ3n) is 3.78. The van der Waals surface area contributed by atoms with Crippen LogP contribution in [0.3, 0.4) is 0 Å². The Kier molecular flexibility index (Phi) is 4.28. The topological polar surface area (TPSA) is 20.3 Å². The molecule has 1 aliphatic heterocycles. The molecule has 18 heavy (non-hydrogen) atoms. The Balaban J connectivity index is 2.43. The number of benzene rings is 1. The van der Waals surface area contributed by atoms with Crippen LogP contribution in [0.2, 0.25) is 5.02 Å². The van der Waals surface area contributed by atoms with Crippen LogP contribution in [0.15, 0.2) is 18.2 Å². The molecule has 2 rings (SSSR count). The first kappa shape index (κ1) is 13.4. The van der Waals surface area contributed by atoms with E-state index in [1.165, 1.54) is 5.56 Å². The van der Waals surface area contributed by atoms with Crippen LogP contribution in [0, 0.1) is 0 Å². The summed E-state index contributed by atoms with van der Waals surface area (Å²) in [5.74, 6) is 0.732. The molecule has 1 saturated heterocycles. The Morgan fingerprint density at radius 2 is 2.06 bits per heavy atom. The second-order valence-electron chi connectivity index (χ2n) is 4.87. The molecular formula is C15H20ClNO. The SMILES string of the molecule is CCC(CC)c1ccc(Cl)cc1N1CCCC1=O. The van der Waals surface area contributed by atoms with E-state index in [-0.39, 0.29) is 5.91 Å². The number of anilines is 1. The Labute approximate surface area is 114 Å². The molecule has 0 aromatic heterocycles. The minimum Gasteiger partial charge on any atom is -0.312 e. The van der Waals surface area contributed by atoms with Crippen molar-refractivity contribution in [2.75, 3.05) is 11.4 Å². The monoisotopic (exact) mass is 265 g/mol. The first-order valence-electron chi connectivity index (χ1n) is 6.77. The highest BCUT2D eigenvalue weighted by Gasteiger charge is 2.25. The molecule has 0 N–H and O–H groups in total. The molecular weight excluding hydrogens is 246 g/mol. The van der Waals surface area contributed by atoms with Crippen LogP contribution < -0.4 is 4.90 Å². The summed E-state index contributed by atoms with van der Waals surface area (Å²) in [5.41, 5.74) is 2.29. The lowest BCUT2D eigenvalue weighted by Crippen LogP contribution is -2.25. The van der Waals surface area contributed by atoms with Gasteiger partial charge in [-0.3, -0.25) is 4.79 Å². The number of halogens is 1. The van der Waals surface area contributed by atoms with Crippen LogP contribution in [0.4, 0.5) is 5.69 Å². The van der Waals surface area contributed by atoms with Crippen LogP contribution in [0.5, 0.6) is 0 Å². The lowest BCUT2D eigenvalue weighted by Gasteiger charge is -2.24. The fourth-order valence-corrected chi connectivity index (χ4v) is 2.89. The lowest BCUT2D eigenvalue weighted by atomic mass is 9.92. The summed E-state index contributed by atoms with van der Waals surface area (Å²) in [6.07, 6.45) is 3.79. The van der Waals surface area contributed by atoms with Crippen molar-refractivity contribution in [1.29, 1.82) is 0 Å². The number of carbonyl (C=O) groups excluding carboxylic acids is 1. The molecule has 0 aliphatic carbocycles. The molecule has 98 valence electrons. The van der Waals surface area contributed by atoms with Gasteiger partial charge in [-0.1, -0.05) is 31.5 Å². The van der Waals surface area contributed by atoms with Gasteiger partial charge in [-0.2, -0.15) is 0 Å². The van der Waals surface area contributed by atoms with Crippen LogP contribution in [-0.2, 0) is 4.79 Å². The fourth-order valence-electron chi connectivity index (χ4n) is 2.73. The summed E-state index contributed by atoms with van der Waals surface area (Å²) >= 11 is 6.10. The van der Waals surface area contributed by atoms with Gasteiger partial charge in [0.1, 0.15) is 0 Å². The van der Waals surface area contributed by atoms with E-state index in [9.17, 15) is 4.79 Å². The second kappa shape index (κ2) is 5.75. The zero-order chi connectivity index (χ0) is 13.1. The summed E-state index contributed by atoms with van der Waals surface area (Å²) in [4.78, 5) is 13.8. The largest absolute Gasteiger partial charge is 0.312 e. The number of rotatable bonds is 4. The zero-order valence-electron chi connectivity index (χ0n) is 11.1. The normalized spacial score (nSPS) is 15.8. The molecule has 1 amide bonds. The number of hydrogen-bond acceptors (Lipinski definition) is 1. The van der Waals surface area contributed by atoms with Crippen molar-refractivity contribution < 1.29 is 4.79 Å². The Hall–Kier alpha value is -1.02. The van der Waals surface area contributed by atoms with Crippen molar-refractivity contribution in [1.82, 2.24) is 0 Å². The number of amides is 1. The maximum absolute atomic E-state index is 11.9. The van der Waals surface area contributed by atoms with Crippen molar-refractivity contribution in [2.24, 2.45) is 0 Å². The van der Waals surface area contributed by atoms with Crippen molar-refractivity contribution in [3.05, 3.63) is 28.8 Å². The highest BCUT2D eigenvalue weighted by molar-refractivity contribution is 6.31. The van der Waals surface area contributed by atoms with Gasteiger partial charge in [0.25, 0.3) is 0 Å². The van der Waals surface area contributed by atoms with E-state index in [1.54, 1.807) is 0 Å². The van der Waals surface area contributed by atoms with Crippen molar-refractivity contribution >= 4 is 23.2 Å². The Morgan fingerprint density at radius 3 is 2.61 bits per heavy atom. The average Bonchev–Trinajstić information content (AvgIpc) is 2.78. The van der Waals surface area contributed by atoms with Crippen molar-refractivity contribution in [3.63, 3.8) is 0 Å². The minimum absolute atomic E-state index is 0.226. The van der Waals surface area contributed by atoms with Gasteiger partial charge in [0.05, 0.1) is 0 Å². The van der Waals surface area contributed by atoms with Gasteiger partial charge in [0, 0.05) is 23.7 Å². The maximum Gasteiger partial charge on any atom is 0.227 e. The first-order valence-corrected chi connectivity index (χ1v) is 7.15. The van der Waals surface area contributed by atoms with Gasteiger partial charge >= 0.3 is 0 Å². The van der Waals surface area contributed by atoms with Gasteiger partial charge in [0.2, 0.25) is 5.91 Å². The molecule has 3 heteroatoms. The van der Waals surface area contributed by atoms with Crippen molar-refractivity contribution in [2.45, 2.75) is 45.4 Å². The average molecular weight is 266 g/mol. The summed E-state index contributed by atoms with van der Waals surface area (Å²) in [5, 5.41) is 0.708. The van der Waals surface area contributed by atoms with E-state index in [0.29, 0.717) is 17.4 Å². The molecule has 0 radical (unpaired) electrons. The summed E-state index contributed by atoms with van der Waals surface area (Å²) in [6, 6.07) is 5.96. The minimum atomic E-state index is 0.226. The number of nitrogens with zero attached hydrogens (tertiary/aromatic N) is 1. The van der Waals surface area contributed by atoms with Gasteiger partial charge in [-0.25, -0.2) is 0 Å². The smallest absolute Gasteiger partial charge is 0.227 e. The Morgan fingerprint density at radius 1 is 1.33 bits per heavy atom. The predicted molar refractivity (Wildman–Crippen MR) is 76.4 cm³/mol. The Bertz CT molecular complexity index is 440. The summed E-state index contributed by atoms with van der Waals surface area (Å²) in [6.45, 7) is 5.21. The molecule has 2 nitrogen and oxygen atoms in total. The van der Waals surface area contributed by atoms with E-state index >= 15 is 0 Å². The predicted octanol–water partition coefficient (Wildman–Crippen LogP) is 4.37. The quantitative estimate of drug-likeness (QED) is 0.792. The number of carbonyl (C=O) groups is 1. The van der Waals surface area contributed by atoms with Gasteiger partial charge in [-0.15, -0.1) is 0 Å². The maximum atomic E-state index is 11.9. The van der Waals surface area contributed by atoms with E-state index in [2.05, 4.69) is 19.9 Å². The molecule has 0 bridgehead atoms. The van der Waals surface area contributed by atoms with Crippen LogP contribution >= 0.6 is 11.6 Å². The van der Waals surface area contributed by atoms with E-state index in [4.69, 9.17) is 11.6 Å². The molecule has 0 spiro atoms. The first-order chi connectivity index (χ1) is 8.67. The van der Waals surface area contributed by atoms with Crippen molar-refractivity contribution in [3.8, 4) is 0 Å². The zero-order valence-corrected chi connectivity index (χ0v) is 11.8. The highest BCUT2D eigenvalue weighted by atomic mass is 35.5. The third kappa shape index (κ3) is 2.54. The molecule has 1 aromatic rings. The van der Waals surface area contributed by atoms with Gasteiger partial charge in [0.15, 0.2) is 0 Å². The van der Waals surface area contributed by atoms with Gasteiger partial charge in [-0.05, 0) is 42.9 Å². The van der Waals surface area contributed by atoms with E-state index < -0.39 is 0 Å². The molecule has 1 heterocycles. The van der Waals surface area contributed by atoms with Crippen LogP contribution in [-0.4, -0.2) is 12.5 Å². The summed E-state index contributed by atoms with van der Waals surface area (Å²) in [7, 11) is 0. The van der Waals surface area contributed by atoms with E-state index in [1.807, 2.05) is 17.0 Å². The molecule has 0 unspecified atom stereocenters. The van der Waals surface area contributed by atoms with Crippen LogP contribution in [0.1, 0.15) is 51.0 Å². The van der Waals surface area contributed by atoms with Gasteiger partial charge < -0.3 is 4.90 Å². The fraction of sp³-hybridized carbons (Fsp3) is 0.533. The molecule has 0 atom stereocenters. The molecule has 1 aliphatic rings. The molecule has 0 saturated carbocycles. The lowest BCUT2D eigenvalue weighted by molar-refractivity contribution is -0.117. The summed E-state index contributed by atoms with van der Waals surface area (Å²) < 4.78 is 0. The molecule has 1 fully saturated rings. The van der Waals surface area contributed by atoms with E-state index in [0.717, 1.165) is 31.5 Å². The number of hydrogen-bond donors (Lipinski definition) is 0. The standard InChI is InChI=1S/C15H20ClNO/c1-3-11(4-2)13-8-7-12(16)10-14(13)17-9-5-6-15(17)18/h7-8,10-11H,3-6,9H2,1-2H3. The third-order valence-corrected chi connectivity index (χ3v) is 4.02. The van der Waals surface area contributed by atoms with Crippen LogP contribution in [0.25, 0.3) is 0 Å². The second-order valence-corrected chi connectivity index (χ2v) is 5.30.